The van der Waals surface area contributed by atoms with Crippen molar-refractivity contribution in [3.05, 3.63) is 35.4 Å². The van der Waals surface area contributed by atoms with Crippen LogP contribution in [0.3, 0.4) is 0 Å². The summed E-state index contributed by atoms with van der Waals surface area (Å²) in [4.78, 5) is 12.1. The zero-order valence-electron chi connectivity index (χ0n) is 14.1. The molecule has 1 aliphatic rings. The summed E-state index contributed by atoms with van der Waals surface area (Å²) in [6.07, 6.45) is 5.73. The second-order valence-electron chi connectivity index (χ2n) is 5.79. The van der Waals surface area contributed by atoms with Crippen molar-refractivity contribution in [3.63, 3.8) is 0 Å². The van der Waals surface area contributed by atoms with Gasteiger partial charge in [-0.25, -0.2) is 0 Å². The summed E-state index contributed by atoms with van der Waals surface area (Å²) < 4.78 is 11.1. The van der Waals surface area contributed by atoms with Crippen LogP contribution in [0.4, 0.5) is 0 Å². The number of ether oxygens (including phenoxy) is 2. The predicted molar refractivity (Wildman–Crippen MR) is 92.4 cm³/mol. The van der Waals surface area contributed by atoms with Crippen LogP contribution in [0.15, 0.2) is 29.8 Å². The van der Waals surface area contributed by atoms with Crippen molar-refractivity contribution in [2.24, 2.45) is 0 Å². The molecule has 5 nitrogen and oxygen atoms in total. The Morgan fingerprint density at radius 2 is 2.25 bits per heavy atom. The highest BCUT2D eigenvalue weighted by Gasteiger charge is 2.17. The molecule has 0 unspecified atom stereocenters. The van der Waals surface area contributed by atoms with Gasteiger partial charge in [0, 0.05) is 13.2 Å². The Bertz CT molecular complexity index is 596. The maximum atomic E-state index is 12.1. The average Bonchev–Trinajstić information content (AvgIpc) is 3.12. The van der Waals surface area contributed by atoms with Gasteiger partial charge in [-0.15, -0.1) is 0 Å². The van der Waals surface area contributed by atoms with E-state index >= 15 is 0 Å². The van der Waals surface area contributed by atoms with Gasteiger partial charge in [0.1, 0.15) is 17.4 Å². The molecule has 1 saturated heterocycles. The smallest absolute Gasteiger partial charge is 0.262 e. The molecule has 1 fully saturated rings. The molecule has 1 amide bonds. The van der Waals surface area contributed by atoms with E-state index in [2.05, 4.69) is 12.2 Å². The normalized spacial score (nSPS) is 17.3. The highest BCUT2D eigenvalue weighted by Crippen LogP contribution is 2.15. The maximum absolute atomic E-state index is 12.1. The lowest BCUT2D eigenvalue weighted by molar-refractivity contribution is -0.117. The average molecular weight is 328 g/mol. The van der Waals surface area contributed by atoms with Crippen LogP contribution in [0.5, 0.6) is 5.75 Å². The summed E-state index contributed by atoms with van der Waals surface area (Å²) >= 11 is 0. The van der Waals surface area contributed by atoms with Gasteiger partial charge in [0.25, 0.3) is 5.91 Å². The Labute approximate surface area is 143 Å². The Hall–Kier alpha value is -2.32. The van der Waals surface area contributed by atoms with Crippen LogP contribution in [0, 0.1) is 11.3 Å². The SMILES string of the molecule is CCCCOc1ccc(/C=C(\C#N)C(=O)NC[C@@H]2CCCO2)cc1. The van der Waals surface area contributed by atoms with Gasteiger partial charge in [0.05, 0.1) is 12.7 Å². The number of carbonyl (C=O) groups is 1. The standard InChI is InChI=1S/C19H24N2O3/c1-2-3-10-23-17-8-6-15(7-9-17)12-16(13-20)19(22)21-14-18-5-4-11-24-18/h6-9,12,18H,2-5,10-11,14H2,1H3,(H,21,22)/b16-12+/t18-/m0/s1. The molecular formula is C19H24N2O3. The molecule has 1 heterocycles. The Kier molecular flexibility index (Phi) is 7.31. The molecule has 1 aromatic carbocycles. The number of unbranched alkanes of at least 4 members (excludes halogenated alkanes) is 1. The monoisotopic (exact) mass is 328 g/mol. The first-order chi connectivity index (χ1) is 11.7. The number of rotatable bonds is 8. The Morgan fingerprint density at radius 1 is 1.46 bits per heavy atom. The van der Waals surface area contributed by atoms with Crippen LogP contribution >= 0.6 is 0 Å². The molecule has 5 heteroatoms. The quantitative estimate of drug-likeness (QED) is 0.452. The van der Waals surface area contributed by atoms with Gasteiger partial charge in [0.15, 0.2) is 0 Å². The lowest BCUT2D eigenvalue weighted by atomic mass is 10.1. The van der Waals surface area contributed by atoms with Crippen molar-refractivity contribution in [1.29, 1.82) is 5.26 Å². The fourth-order valence-corrected chi connectivity index (χ4v) is 2.42. The minimum Gasteiger partial charge on any atom is -0.494 e. The Morgan fingerprint density at radius 3 is 2.88 bits per heavy atom. The summed E-state index contributed by atoms with van der Waals surface area (Å²) in [5, 5.41) is 12.0. The third kappa shape index (κ3) is 5.71. The molecule has 0 spiro atoms. The van der Waals surface area contributed by atoms with E-state index in [-0.39, 0.29) is 17.6 Å². The van der Waals surface area contributed by atoms with Crippen LogP contribution in [-0.2, 0) is 9.53 Å². The van der Waals surface area contributed by atoms with Gasteiger partial charge < -0.3 is 14.8 Å². The van der Waals surface area contributed by atoms with E-state index < -0.39 is 0 Å². The zero-order chi connectivity index (χ0) is 17.2. The van der Waals surface area contributed by atoms with E-state index in [0.29, 0.717) is 13.2 Å². The van der Waals surface area contributed by atoms with Crippen LogP contribution in [-0.4, -0.2) is 31.8 Å². The maximum Gasteiger partial charge on any atom is 0.262 e. The second kappa shape index (κ2) is 9.74. The van der Waals surface area contributed by atoms with Gasteiger partial charge in [0.2, 0.25) is 0 Å². The van der Waals surface area contributed by atoms with E-state index in [4.69, 9.17) is 9.47 Å². The Balaban J connectivity index is 1.90. The van der Waals surface area contributed by atoms with Crippen molar-refractivity contribution in [1.82, 2.24) is 5.32 Å². The fourth-order valence-electron chi connectivity index (χ4n) is 2.42. The van der Waals surface area contributed by atoms with Crippen LogP contribution in [0.25, 0.3) is 6.08 Å². The molecule has 24 heavy (non-hydrogen) atoms. The van der Waals surface area contributed by atoms with Crippen molar-refractivity contribution >= 4 is 12.0 Å². The summed E-state index contributed by atoms with van der Waals surface area (Å²) in [6.45, 7) is 4.00. The van der Waals surface area contributed by atoms with Crippen molar-refractivity contribution < 1.29 is 14.3 Å². The molecule has 0 radical (unpaired) electrons. The predicted octanol–water partition coefficient (Wildman–Crippen LogP) is 3.07. The topological polar surface area (TPSA) is 71.3 Å². The first-order valence-electron chi connectivity index (χ1n) is 8.47. The van der Waals surface area contributed by atoms with Crippen molar-refractivity contribution in [3.8, 4) is 11.8 Å². The molecular weight excluding hydrogens is 304 g/mol. The van der Waals surface area contributed by atoms with Gasteiger partial charge in [-0.1, -0.05) is 25.5 Å². The highest BCUT2D eigenvalue weighted by molar-refractivity contribution is 6.01. The van der Waals surface area contributed by atoms with E-state index in [1.54, 1.807) is 6.08 Å². The number of carbonyl (C=O) groups excluding carboxylic acids is 1. The zero-order valence-corrected chi connectivity index (χ0v) is 14.1. The second-order valence-corrected chi connectivity index (χ2v) is 5.79. The molecule has 1 aromatic rings. The summed E-state index contributed by atoms with van der Waals surface area (Å²) in [5.41, 5.74) is 0.884. The number of nitriles is 1. The molecule has 0 aliphatic carbocycles. The number of nitrogens with zero attached hydrogens (tertiary/aromatic N) is 1. The molecule has 1 N–H and O–H groups in total. The van der Waals surface area contributed by atoms with E-state index in [1.807, 2.05) is 30.3 Å². The van der Waals surface area contributed by atoms with Crippen LogP contribution in [0.2, 0.25) is 0 Å². The van der Waals surface area contributed by atoms with Gasteiger partial charge >= 0.3 is 0 Å². The van der Waals surface area contributed by atoms with E-state index in [9.17, 15) is 10.1 Å². The van der Waals surface area contributed by atoms with Gasteiger partial charge in [-0.3, -0.25) is 4.79 Å². The summed E-state index contributed by atoms with van der Waals surface area (Å²) in [5.74, 6) is 0.429. The summed E-state index contributed by atoms with van der Waals surface area (Å²) in [6, 6.07) is 9.33. The number of hydrogen-bond donors (Lipinski definition) is 1. The van der Waals surface area contributed by atoms with Crippen molar-refractivity contribution in [2.75, 3.05) is 19.8 Å². The van der Waals surface area contributed by atoms with E-state index in [1.165, 1.54) is 0 Å². The molecule has 1 aliphatic heterocycles. The molecule has 1 atom stereocenters. The fraction of sp³-hybridized carbons (Fsp3) is 0.474. The van der Waals surface area contributed by atoms with Gasteiger partial charge in [-0.05, 0) is 43.0 Å². The van der Waals surface area contributed by atoms with Crippen molar-refractivity contribution in [2.45, 2.75) is 38.7 Å². The molecule has 128 valence electrons. The first-order valence-corrected chi connectivity index (χ1v) is 8.47. The summed E-state index contributed by atoms with van der Waals surface area (Å²) in [7, 11) is 0. The number of benzene rings is 1. The molecule has 0 aromatic heterocycles. The minimum absolute atomic E-state index is 0.0634. The first kappa shape index (κ1) is 18.0. The third-order valence-electron chi connectivity index (χ3n) is 3.84. The van der Waals surface area contributed by atoms with Gasteiger partial charge in [-0.2, -0.15) is 5.26 Å². The lowest BCUT2D eigenvalue weighted by Gasteiger charge is -2.10. The third-order valence-corrected chi connectivity index (χ3v) is 3.84. The largest absolute Gasteiger partial charge is 0.494 e. The molecule has 0 bridgehead atoms. The minimum atomic E-state index is -0.365. The van der Waals surface area contributed by atoms with E-state index in [0.717, 1.165) is 43.6 Å². The molecule has 2 rings (SSSR count). The number of hydrogen-bond acceptors (Lipinski definition) is 4. The molecule has 0 saturated carbocycles. The lowest BCUT2D eigenvalue weighted by Crippen LogP contribution is -2.32. The van der Waals surface area contributed by atoms with Crippen LogP contribution < -0.4 is 10.1 Å². The number of nitrogens with one attached hydrogen (secondary N) is 1. The van der Waals surface area contributed by atoms with Crippen LogP contribution in [0.1, 0.15) is 38.2 Å². The highest BCUT2D eigenvalue weighted by atomic mass is 16.5. The number of amides is 1.